The SMILES string of the molecule is CCN(CCC#N)c1ccc(N=Nc2ccc(C(C#N)C(C#N)c3nc4ccccc4c(=O)[nH]3)cc2)cc1. The van der Waals surface area contributed by atoms with Crippen LogP contribution in [0.5, 0.6) is 0 Å². The number of nitrogens with zero attached hydrogens (tertiary/aromatic N) is 7. The van der Waals surface area contributed by atoms with Crippen LogP contribution in [0.15, 0.2) is 87.8 Å². The van der Waals surface area contributed by atoms with Gasteiger partial charge in [0, 0.05) is 18.8 Å². The number of fused-ring (bicyclic) bond motifs is 1. The van der Waals surface area contributed by atoms with E-state index in [1.165, 1.54) is 0 Å². The Labute approximate surface area is 219 Å². The van der Waals surface area contributed by atoms with Crippen molar-refractivity contribution in [3.05, 3.63) is 94.5 Å². The Kier molecular flexibility index (Phi) is 8.18. The van der Waals surface area contributed by atoms with Crippen molar-refractivity contribution >= 4 is 28.0 Å². The fourth-order valence-corrected chi connectivity index (χ4v) is 4.14. The molecule has 38 heavy (non-hydrogen) atoms. The molecule has 1 N–H and O–H groups in total. The maximum absolute atomic E-state index is 12.5. The highest BCUT2D eigenvalue weighted by molar-refractivity contribution is 5.77. The van der Waals surface area contributed by atoms with Crippen LogP contribution in [-0.2, 0) is 0 Å². The number of para-hydroxylation sites is 1. The molecule has 2 atom stereocenters. The molecule has 4 rings (SSSR count). The molecule has 0 aliphatic heterocycles. The van der Waals surface area contributed by atoms with E-state index < -0.39 is 11.8 Å². The predicted octanol–water partition coefficient (Wildman–Crippen LogP) is 5.99. The average Bonchev–Trinajstić information content (AvgIpc) is 2.96. The number of benzene rings is 3. The predicted molar refractivity (Wildman–Crippen MR) is 144 cm³/mol. The quantitative estimate of drug-likeness (QED) is 0.279. The Hall–Kier alpha value is -5.33. The third-order valence-corrected chi connectivity index (χ3v) is 6.16. The molecule has 2 unspecified atom stereocenters. The summed E-state index contributed by atoms with van der Waals surface area (Å²) >= 11 is 0. The van der Waals surface area contributed by atoms with Gasteiger partial charge in [-0.15, -0.1) is 0 Å². The smallest absolute Gasteiger partial charge is 0.258 e. The van der Waals surface area contributed by atoms with Crippen LogP contribution >= 0.6 is 0 Å². The summed E-state index contributed by atoms with van der Waals surface area (Å²) < 4.78 is 0. The van der Waals surface area contributed by atoms with Crippen molar-refractivity contribution in [3.63, 3.8) is 0 Å². The number of azo groups is 1. The highest BCUT2D eigenvalue weighted by Gasteiger charge is 2.27. The summed E-state index contributed by atoms with van der Waals surface area (Å²) in [6.07, 6.45) is 0.462. The molecule has 0 aliphatic carbocycles. The van der Waals surface area contributed by atoms with E-state index in [2.05, 4.69) is 43.3 Å². The third kappa shape index (κ3) is 5.73. The summed E-state index contributed by atoms with van der Waals surface area (Å²) in [5.41, 5.74) is 3.01. The van der Waals surface area contributed by atoms with Gasteiger partial charge in [0.15, 0.2) is 0 Å². The minimum Gasteiger partial charge on any atom is -0.371 e. The number of H-pyrrole nitrogens is 1. The Morgan fingerprint density at radius 1 is 0.895 bits per heavy atom. The van der Waals surface area contributed by atoms with Crippen molar-refractivity contribution in [2.75, 3.05) is 18.0 Å². The van der Waals surface area contributed by atoms with Gasteiger partial charge in [-0.2, -0.15) is 26.0 Å². The molecule has 0 aliphatic rings. The number of hydrogen-bond acceptors (Lipinski definition) is 8. The van der Waals surface area contributed by atoms with Gasteiger partial charge in [0.05, 0.1) is 52.8 Å². The van der Waals surface area contributed by atoms with Gasteiger partial charge >= 0.3 is 0 Å². The van der Waals surface area contributed by atoms with Crippen molar-refractivity contribution in [2.24, 2.45) is 10.2 Å². The molecule has 1 heterocycles. The van der Waals surface area contributed by atoms with Crippen LogP contribution in [0.4, 0.5) is 17.1 Å². The van der Waals surface area contributed by atoms with Gasteiger partial charge in [-0.05, 0) is 61.0 Å². The molecule has 186 valence electrons. The molecule has 0 fully saturated rings. The van der Waals surface area contributed by atoms with E-state index in [9.17, 15) is 15.3 Å². The second-order valence-electron chi connectivity index (χ2n) is 8.48. The van der Waals surface area contributed by atoms with E-state index in [4.69, 9.17) is 5.26 Å². The lowest BCUT2D eigenvalue weighted by molar-refractivity contribution is 0.709. The molecule has 9 heteroatoms. The molecule has 0 spiro atoms. The summed E-state index contributed by atoms with van der Waals surface area (Å²) in [4.78, 5) is 21.7. The van der Waals surface area contributed by atoms with Crippen LogP contribution in [0.1, 0.15) is 36.6 Å². The number of hydrogen-bond donors (Lipinski definition) is 1. The van der Waals surface area contributed by atoms with Crippen molar-refractivity contribution < 1.29 is 0 Å². The molecular weight excluding hydrogens is 476 g/mol. The first-order valence-corrected chi connectivity index (χ1v) is 12.1. The molecular formula is C29H24N8O. The number of rotatable bonds is 9. The lowest BCUT2D eigenvalue weighted by Crippen LogP contribution is -2.23. The summed E-state index contributed by atoms with van der Waals surface area (Å²) in [6, 6.07) is 27.9. The Bertz CT molecular complexity index is 1620. The molecule has 3 aromatic carbocycles. The monoisotopic (exact) mass is 500 g/mol. The number of nitrogens with one attached hydrogen (secondary N) is 1. The van der Waals surface area contributed by atoms with Crippen molar-refractivity contribution in [2.45, 2.75) is 25.2 Å². The Morgan fingerprint density at radius 3 is 2.13 bits per heavy atom. The Morgan fingerprint density at radius 2 is 1.53 bits per heavy atom. The van der Waals surface area contributed by atoms with Crippen LogP contribution in [0.2, 0.25) is 0 Å². The molecule has 1 aromatic heterocycles. The number of anilines is 1. The largest absolute Gasteiger partial charge is 0.371 e. The van der Waals surface area contributed by atoms with Crippen molar-refractivity contribution in [3.8, 4) is 18.2 Å². The van der Waals surface area contributed by atoms with E-state index in [0.717, 1.165) is 12.2 Å². The second-order valence-corrected chi connectivity index (χ2v) is 8.48. The first-order chi connectivity index (χ1) is 18.6. The first-order valence-electron chi connectivity index (χ1n) is 12.1. The lowest BCUT2D eigenvalue weighted by Gasteiger charge is -2.21. The fourth-order valence-electron chi connectivity index (χ4n) is 4.14. The van der Waals surface area contributed by atoms with Gasteiger partial charge in [0.1, 0.15) is 11.7 Å². The first kappa shape index (κ1) is 25.8. The second kappa shape index (κ2) is 12.1. The molecule has 0 radical (unpaired) electrons. The molecule has 4 aromatic rings. The van der Waals surface area contributed by atoms with Gasteiger partial charge < -0.3 is 9.88 Å². The van der Waals surface area contributed by atoms with Crippen molar-refractivity contribution in [1.82, 2.24) is 9.97 Å². The Balaban J connectivity index is 1.51. The molecule has 0 saturated heterocycles. The maximum atomic E-state index is 12.5. The van der Waals surface area contributed by atoms with E-state index in [-0.39, 0.29) is 11.4 Å². The zero-order chi connectivity index (χ0) is 26.9. The molecule has 0 bridgehead atoms. The van der Waals surface area contributed by atoms with Crippen LogP contribution in [-0.4, -0.2) is 23.1 Å². The third-order valence-electron chi connectivity index (χ3n) is 6.16. The zero-order valence-electron chi connectivity index (χ0n) is 20.7. The highest BCUT2D eigenvalue weighted by Crippen LogP contribution is 2.32. The number of aromatic nitrogens is 2. The molecule has 0 saturated carbocycles. The molecule has 0 amide bonds. The van der Waals surface area contributed by atoms with Crippen LogP contribution in [0.3, 0.4) is 0 Å². The van der Waals surface area contributed by atoms with E-state index in [1.807, 2.05) is 31.2 Å². The van der Waals surface area contributed by atoms with E-state index in [1.54, 1.807) is 48.5 Å². The number of aromatic amines is 1. The van der Waals surface area contributed by atoms with E-state index >= 15 is 0 Å². The summed E-state index contributed by atoms with van der Waals surface area (Å²) in [5, 5.41) is 37.6. The van der Waals surface area contributed by atoms with Crippen LogP contribution in [0.25, 0.3) is 10.9 Å². The van der Waals surface area contributed by atoms with Crippen LogP contribution in [0, 0.1) is 34.0 Å². The van der Waals surface area contributed by atoms with Gasteiger partial charge in [-0.1, -0.05) is 24.3 Å². The zero-order valence-corrected chi connectivity index (χ0v) is 20.7. The molecule has 9 nitrogen and oxygen atoms in total. The minimum atomic E-state index is -0.959. The van der Waals surface area contributed by atoms with Crippen molar-refractivity contribution in [1.29, 1.82) is 15.8 Å². The summed E-state index contributed by atoms with van der Waals surface area (Å²) in [6.45, 7) is 3.52. The normalized spacial score (nSPS) is 12.4. The van der Waals surface area contributed by atoms with Gasteiger partial charge in [-0.25, -0.2) is 4.98 Å². The van der Waals surface area contributed by atoms with Crippen LogP contribution < -0.4 is 10.5 Å². The van der Waals surface area contributed by atoms with Gasteiger partial charge in [-0.3, -0.25) is 4.79 Å². The lowest BCUT2D eigenvalue weighted by atomic mass is 9.87. The van der Waals surface area contributed by atoms with E-state index in [0.29, 0.717) is 40.8 Å². The number of nitriles is 3. The standard InChI is InChI=1S/C29H24N8O/c1-2-37(17-5-16-30)23-14-12-22(13-15-23)36-35-21-10-8-20(9-11-21)25(18-31)26(19-32)28-33-27-7-4-3-6-24(27)29(38)34-28/h3-4,6-15,25-26H,2,5,17H2,1H3,(H,33,34,38). The summed E-state index contributed by atoms with van der Waals surface area (Å²) in [5.74, 6) is -1.64. The topological polar surface area (TPSA) is 145 Å². The van der Waals surface area contributed by atoms with Gasteiger partial charge in [0.25, 0.3) is 5.56 Å². The highest BCUT2D eigenvalue weighted by atomic mass is 16.1. The summed E-state index contributed by atoms with van der Waals surface area (Å²) in [7, 11) is 0. The maximum Gasteiger partial charge on any atom is 0.258 e. The van der Waals surface area contributed by atoms with Gasteiger partial charge in [0.2, 0.25) is 0 Å². The minimum absolute atomic E-state index is 0.157. The fraction of sp³-hybridized carbons (Fsp3) is 0.207. The average molecular weight is 501 g/mol.